The molecule has 0 saturated carbocycles. The standard InChI is InChI=1S/C20H25N6O7P/c1-12(19(27)30-2)25-34(29,32-13-6-4-3-5-7-13)33-20(28)14-8-9-15(31-14)26-11-24-16-17(21)22-10-23-18(16)26/h3-7,10-12,14-15,20,28H,8-9H2,1-2H3,(H,25,29)(H2,21,22,23)/t12?,14-,15+,20?,34?/m0/s1. The van der Waals surface area contributed by atoms with Gasteiger partial charge in [0.1, 0.15) is 36.0 Å². The van der Waals surface area contributed by atoms with E-state index in [0.717, 1.165) is 0 Å². The number of esters is 1. The largest absolute Gasteiger partial charge is 0.468 e. The zero-order valence-electron chi connectivity index (χ0n) is 18.5. The zero-order valence-corrected chi connectivity index (χ0v) is 19.4. The number of carbonyl (C=O) groups is 1. The number of carbonyl (C=O) groups excluding carboxylic acids is 1. The number of nitrogens with two attached hydrogens (primary N) is 1. The molecule has 0 bridgehead atoms. The molecule has 4 rings (SSSR count). The summed E-state index contributed by atoms with van der Waals surface area (Å²) in [6.07, 6.45) is 0.736. The number of anilines is 1. The number of nitrogens with zero attached hydrogens (tertiary/aromatic N) is 4. The molecule has 1 aliphatic heterocycles. The number of para-hydroxylation sites is 1. The van der Waals surface area contributed by atoms with Gasteiger partial charge in [-0.05, 0) is 31.9 Å². The highest BCUT2D eigenvalue weighted by Crippen LogP contribution is 2.47. The number of fused-ring (bicyclic) bond motifs is 1. The van der Waals surface area contributed by atoms with Gasteiger partial charge in [0.05, 0.1) is 13.4 Å². The second-order valence-corrected chi connectivity index (χ2v) is 9.21. The van der Waals surface area contributed by atoms with Crippen LogP contribution in [0.4, 0.5) is 5.82 Å². The Morgan fingerprint density at radius 1 is 1.29 bits per heavy atom. The topological polar surface area (TPSA) is 173 Å². The third-order valence-corrected chi connectivity index (χ3v) is 6.82. The summed E-state index contributed by atoms with van der Waals surface area (Å²) in [4.78, 5) is 24.2. The van der Waals surface area contributed by atoms with Gasteiger partial charge in [-0.25, -0.2) is 19.5 Å². The van der Waals surface area contributed by atoms with E-state index in [1.54, 1.807) is 34.9 Å². The molecule has 34 heavy (non-hydrogen) atoms. The summed E-state index contributed by atoms with van der Waals surface area (Å²) in [5.41, 5.74) is 6.76. The smallest absolute Gasteiger partial charge is 0.461 e. The average Bonchev–Trinajstić information content (AvgIpc) is 3.47. The normalized spacial score (nSPS) is 21.6. The van der Waals surface area contributed by atoms with E-state index in [1.165, 1.54) is 26.7 Å². The van der Waals surface area contributed by atoms with Gasteiger partial charge in [0.2, 0.25) is 0 Å². The average molecular weight is 492 g/mol. The van der Waals surface area contributed by atoms with E-state index in [0.29, 0.717) is 24.0 Å². The van der Waals surface area contributed by atoms with Gasteiger partial charge in [-0.1, -0.05) is 18.2 Å². The van der Waals surface area contributed by atoms with Gasteiger partial charge < -0.3 is 24.8 Å². The molecule has 3 aromatic rings. The Labute approximate surface area is 194 Å². The van der Waals surface area contributed by atoms with Crippen molar-refractivity contribution in [3.8, 4) is 5.75 Å². The molecule has 182 valence electrons. The van der Waals surface area contributed by atoms with E-state index < -0.39 is 38.4 Å². The molecule has 1 fully saturated rings. The third-order valence-electron chi connectivity index (χ3n) is 5.17. The third kappa shape index (κ3) is 5.18. The fraction of sp³-hybridized carbons (Fsp3) is 0.400. The van der Waals surface area contributed by atoms with Crippen molar-refractivity contribution in [3.63, 3.8) is 0 Å². The van der Waals surface area contributed by atoms with E-state index in [-0.39, 0.29) is 11.6 Å². The van der Waals surface area contributed by atoms with Crippen LogP contribution in [0, 0.1) is 0 Å². The molecule has 0 radical (unpaired) electrons. The molecule has 3 unspecified atom stereocenters. The molecule has 5 atom stereocenters. The van der Waals surface area contributed by atoms with E-state index in [4.69, 9.17) is 19.5 Å². The minimum absolute atomic E-state index is 0.218. The van der Waals surface area contributed by atoms with Crippen LogP contribution in [-0.4, -0.2) is 56.1 Å². The molecule has 1 aromatic carbocycles. The summed E-state index contributed by atoms with van der Waals surface area (Å²) in [6.45, 7) is 1.43. The highest BCUT2D eigenvalue weighted by molar-refractivity contribution is 7.52. The highest BCUT2D eigenvalue weighted by atomic mass is 31.2. The van der Waals surface area contributed by atoms with Gasteiger partial charge in [-0.15, -0.1) is 0 Å². The minimum Gasteiger partial charge on any atom is -0.468 e. The molecule has 13 nitrogen and oxygen atoms in total. The lowest BCUT2D eigenvalue weighted by Crippen LogP contribution is -2.37. The van der Waals surface area contributed by atoms with Gasteiger partial charge in [0.25, 0.3) is 0 Å². The quantitative estimate of drug-likeness (QED) is 0.225. The summed E-state index contributed by atoms with van der Waals surface area (Å²) in [6, 6.07) is 7.20. The second kappa shape index (κ2) is 10.0. The number of imidazole rings is 1. The molecular weight excluding hydrogens is 467 g/mol. The van der Waals surface area contributed by atoms with Crippen LogP contribution in [0.2, 0.25) is 0 Å². The van der Waals surface area contributed by atoms with Crippen molar-refractivity contribution in [1.82, 2.24) is 24.6 Å². The second-order valence-electron chi connectivity index (χ2n) is 7.56. The predicted molar refractivity (Wildman–Crippen MR) is 119 cm³/mol. The first-order chi connectivity index (χ1) is 16.3. The molecular formula is C20H25N6O7P. The molecule has 1 aliphatic rings. The van der Waals surface area contributed by atoms with Crippen LogP contribution in [0.25, 0.3) is 11.2 Å². The first-order valence-electron chi connectivity index (χ1n) is 10.4. The maximum atomic E-state index is 13.5. The number of nitrogens with one attached hydrogen (secondary N) is 1. The van der Waals surface area contributed by atoms with Crippen LogP contribution in [0.15, 0.2) is 43.0 Å². The van der Waals surface area contributed by atoms with Crippen molar-refractivity contribution in [2.45, 2.75) is 44.4 Å². The van der Waals surface area contributed by atoms with Gasteiger partial charge in [-0.2, -0.15) is 5.09 Å². The molecule has 0 aliphatic carbocycles. The SMILES string of the molecule is COC(=O)C(C)NP(=O)(Oc1ccccc1)OC(O)[C@@H]1CC[C@H](n2cnc3c(N)ncnc32)O1. The summed E-state index contributed by atoms with van der Waals surface area (Å²) in [5, 5.41) is 13.2. The number of hydrogen-bond donors (Lipinski definition) is 3. The Morgan fingerprint density at radius 2 is 2.06 bits per heavy atom. The van der Waals surface area contributed by atoms with Crippen molar-refractivity contribution in [3.05, 3.63) is 43.0 Å². The van der Waals surface area contributed by atoms with E-state index >= 15 is 0 Å². The van der Waals surface area contributed by atoms with Crippen molar-refractivity contribution < 1.29 is 33.0 Å². The molecule has 2 aromatic heterocycles. The highest BCUT2D eigenvalue weighted by Gasteiger charge is 2.40. The number of rotatable bonds is 9. The monoisotopic (exact) mass is 492 g/mol. The summed E-state index contributed by atoms with van der Waals surface area (Å²) < 4.78 is 36.7. The van der Waals surface area contributed by atoms with Crippen LogP contribution < -0.4 is 15.3 Å². The number of methoxy groups -OCH3 is 1. The van der Waals surface area contributed by atoms with Crippen LogP contribution in [0.1, 0.15) is 26.0 Å². The van der Waals surface area contributed by atoms with Crippen molar-refractivity contribution in [1.29, 1.82) is 0 Å². The Kier molecular flexibility index (Phi) is 7.10. The summed E-state index contributed by atoms with van der Waals surface area (Å²) in [5.74, 6) is -0.221. The number of nitrogen functional groups attached to an aromatic ring is 1. The van der Waals surface area contributed by atoms with Crippen LogP contribution in [0.5, 0.6) is 5.75 Å². The number of ether oxygens (including phenoxy) is 2. The summed E-state index contributed by atoms with van der Waals surface area (Å²) in [7, 11) is -3.04. The molecule has 3 heterocycles. The molecule has 14 heteroatoms. The Hall–Kier alpha value is -3.09. The number of benzene rings is 1. The lowest BCUT2D eigenvalue weighted by Gasteiger charge is -2.27. The first kappa shape index (κ1) is 24.0. The van der Waals surface area contributed by atoms with Crippen LogP contribution in [-0.2, 0) is 23.4 Å². The fourth-order valence-electron chi connectivity index (χ4n) is 3.52. The lowest BCUT2D eigenvalue weighted by molar-refractivity contribution is -0.144. The summed E-state index contributed by atoms with van der Waals surface area (Å²) >= 11 is 0. The number of aromatic nitrogens is 4. The molecule has 1 saturated heterocycles. The molecule has 0 spiro atoms. The van der Waals surface area contributed by atoms with Crippen molar-refractivity contribution in [2.24, 2.45) is 0 Å². The van der Waals surface area contributed by atoms with E-state index in [2.05, 4.69) is 24.8 Å². The first-order valence-corrected chi connectivity index (χ1v) is 12.0. The number of hydrogen-bond acceptors (Lipinski definition) is 11. The van der Waals surface area contributed by atoms with Gasteiger partial charge >= 0.3 is 13.7 Å². The zero-order chi connectivity index (χ0) is 24.3. The van der Waals surface area contributed by atoms with Gasteiger partial charge in [-0.3, -0.25) is 13.9 Å². The number of aliphatic hydroxyl groups excluding tert-OH is 1. The molecule has 0 amide bonds. The van der Waals surface area contributed by atoms with Crippen molar-refractivity contribution in [2.75, 3.05) is 12.8 Å². The maximum Gasteiger partial charge on any atom is 0.461 e. The van der Waals surface area contributed by atoms with Crippen LogP contribution in [0.3, 0.4) is 0 Å². The Morgan fingerprint density at radius 3 is 2.79 bits per heavy atom. The molecule has 4 N–H and O–H groups in total. The maximum absolute atomic E-state index is 13.5. The minimum atomic E-state index is -4.24. The van der Waals surface area contributed by atoms with Crippen LogP contribution >= 0.6 is 7.75 Å². The van der Waals surface area contributed by atoms with Gasteiger partial charge in [0.15, 0.2) is 17.8 Å². The van der Waals surface area contributed by atoms with Gasteiger partial charge in [0, 0.05) is 0 Å². The fourth-order valence-corrected chi connectivity index (χ4v) is 5.07. The van der Waals surface area contributed by atoms with E-state index in [9.17, 15) is 14.5 Å². The number of aliphatic hydroxyl groups is 1. The Balaban J connectivity index is 1.48. The Bertz CT molecular complexity index is 1190. The van der Waals surface area contributed by atoms with E-state index in [1.807, 2.05) is 0 Å². The lowest BCUT2D eigenvalue weighted by atomic mass is 10.2. The predicted octanol–water partition coefficient (Wildman–Crippen LogP) is 1.76. The van der Waals surface area contributed by atoms with Crippen molar-refractivity contribution >= 4 is 30.7 Å².